The summed E-state index contributed by atoms with van der Waals surface area (Å²) in [4.78, 5) is 27.7. The van der Waals surface area contributed by atoms with Crippen LogP contribution in [0, 0.1) is 18.8 Å². The molecule has 2 N–H and O–H groups in total. The fourth-order valence-electron chi connectivity index (χ4n) is 2.06. The average Bonchev–Trinajstić information content (AvgIpc) is 2.86. The Kier molecular flexibility index (Phi) is 3.42. The van der Waals surface area contributed by atoms with Gasteiger partial charge in [-0.3, -0.25) is 9.59 Å². The first-order chi connectivity index (χ1) is 8.06. The van der Waals surface area contributed by atoms with Gasteiger partial charge in [0.1, 0.15) is 0 Å². The molecule has 0 aromatic carbocycles. The number of carboxylic acid groups (broad SMARTS) is 1. The zero-order valence-electron chi connectivity index (χ0n) is 9.47. The lowest BCUT2D eigenvalue weighted by Gasteiger charge is -2.08. The first kappa shape index (κ1) is 12.0. The third-order valence-corrected chi connectivity index (χ3v) is 3.83. The van der Waals surface area contributed by atoms with Crippen LogP contribution in [0.4, 0.5) is 5.13 Å². The van der Waals surface area contributed by atoms with Crippen molar-refractivity contribution in [3.8, 4) is 0 Å². The minimum absolute atomic E-state index is 0.108. The number of aliphatic carboxylic acids is 1. The molecule has 0 spiro atoms. The third kappa shape index (κ3) is 2.82. The summed E-state index contributed by atoms with van der Waals surface area (Å²) in [5.41, 5.74) is 0. The van der Waals surface area contributed by atoms with Gasteiger partial charge in [-0.15, -0.1) is 11.3 Å². The van der Waals surface area contributed by atoms with E-state index >= 15 is 0 Å². The first-order valence-corrected chi connectivity index (χ1v) is 6.34. The van der Waals surface area contributed by atoms with Crippen LogP contribution < -0.4 is 5.32 Å². The van der Waals surface area contributed by atoms with Crippen LogP contribution >= 0.6 is 11.3 Å². The monoisotopic (exact) mass is 254 g/mol. The van der Waals surface area contributed by atoms with Crippen molar-refractivity contribution in [2.75, 3.05) is 5.32 Å². The Hall–Kier alpha value is -1.43. The Morgan fingerprint density at radius 1 is 1.47 bits per heavy atom. The molecule has 1 aliphatic rings. The SMILES string of the molecule is Cc1cnc(NC(=O)[C@@H]2CC[C@H](C(=O)O)C2)s1. The zero-order chi connectivity index (χ0) is 12.4. The predicted molar refractivity (Wildman–Crippen MR) is 63.9 cm³/mol. The van der Waals surface area contributed by atoms with E-state index in [4.69, 9.17) is 5.11 Å². The Morgan fingerprint density at radius 2 is 2.18 bits per heavy atom. The molecule has 0 aliphatic heterocycles. The number of hydrogen-bond donors (Lipinski definition) is 2. The molecule has 6 heteroatoms. The third-order valence-electron chi connectivity index (χ3n) is 3.00. The van der Waals surface area contributed by atoms with Gasteiger partial charge >= 0.3 is 5.97 Å². The summed E-state index contributed by atoms with van der Waals surface area (Å²) in [5, 5.41) is 12.2. The molecule has 2 rings (SSSR count). The second-order valence-corrected chi connectivity index (χ2v) is 5.55. The van der Waals surface area contributed by atoms with Crippen LogP contribution in [0.3, 0.4) is 0 Å². The van der Waals surface area contributed by atoms with Crippen molar-refractivity contribution in [3.63, 3.8) is 0 Å². The summed E-state index contributed by atoms with van der Waals surface area (Å²) in [6.45, 7) is 1.92. The van der Waals surface area contributed by atoms with Gasteiger partial charge in [0.25, 0.3) is 0 Å². The summed E-state index contributed by atoms with van der Waals surface area (Å²) in [6, 6.07) is 0. The highest BCUT2D eigenvalue weighted by molar-refractivity contribution is 7.15. The van der Waals surface area contributed by atoms with Gasteiger partial charge in [0.05, 0.1) is 5.92 Å². The van der Waals surface area contributed by atoms with Gasteiger partial charge < -0.3 is 10.4 Å². The van der Waals surface area contributed by atoms with E-state index in [1.165, 1.54) is 11.3 Å². The van der Waals surface area contributed by atoms with E-state index in [-0.39, 0.29) is 17.7 Å². The number of aryl methyl sites for hydroxylation is 1. The van der Waals surface area contributed by atoms with Crippen molar-refractivity contribution < 1.29 is 14.7 Å². The molecule has 0 unspecified atom stereocenters. The number of hydrogen-bond acceptors (Lipinski definition) is 4. The van der Waals surface area contributed by atoms with Gasteiger partial charge in [-0.05, 0) is 26.2 Å². The summed E-state index contributed by atoms with van der Waals surface area (Å²) >= 11 is 1.42. The number of rotatable bonds is 3. The van der Waals surface area contributed by atoms with Crippen molar-refractivity contribution in [2.24, 2.45) is 11.8 Å². The minimum Gasteiger partial charge on any atom is -0.481 e. The van der Waals surface area contributed by atoms with E-state index in [2.05, 4.69) is 10.3 Å². The van der Waals surface area contributed by atoms with Crippen LogP contribution in [-0.4, -0.2) is 22.0 Å². The molecule has 0 bridgehead atoms. The van der Waals surface area contributed by atoms with Crippen molar-refractivity contribution in [3.05, 3.63) is 11.1 Å². The molecule has 92 valence electrons. The van der Waals surface area contributed by atoms with Crippen LogP contribution in [0.5, 0.6) is 0 Å². The normalized spacial score (nSPS) is 23.6. The van der Waals surface area contributed by atoms with Crippen LogP contribution in [0.25, 0.3) is 0 Å². The number of aromatic nitrogens is 1. The molecule has 1 saturated carbocycles. The Balaban J connectivity index is 1.91. The molecule has 17 heavy (non-hydrogen) atoms. The number of nitrogens with zero attached hydrogens (tertiary/aromatic N) is 1. The average molecular weight is 254 g/mol. The molecule has 1 aliphatic carbocycles. The molecule has 1 aromatic heterocycles. The maximum absolute atomic E-state index is 11.9. The highest BCUT2D eigenvalue weighted by Gasteiger charge is 2.33. The van der Waals surface area contributed by atoms with E-state index in [0.29, 0.717) is 24.4 Å². The van der Waals surface area contributed by atoms with Crippen molar-refractivity contribution in [1.82, 2.24) is 4.98 Å². The van der Waals surface area contributed by atoms with E-state index < -0.39 is 5.97 Å². The Bertz CT molecular complexity index is 444. The lowest BCUT2D eigenvalue weighted by molar-refractivity contribution is -0.141. The summed E-state index contributed by atoms with van der Waals surface area (Å²) in [6.07, 6.45) is 3.37. The van der Waals surface area contributed by atoms with Crippen molar-refractivity contribution in [1.29, 1.82) is 0 Å². The maximum atomic E-state index is 11.9. The molecule has 1 aromatic rings. The molecule has 1 amide bonds. The Labute approximate surface area is 103 Å². The number of amides is 1. The highest BCUT2D eigenvalue weighted by Crippen LogP contribution is 2.32. The molecule has 1 fully saturated rings. The first-order valence-electron chi connectivity index (χ1n) is 5.52. The van der Waals surface area contributed by atoms with Crippen molar-refractivity contribution in [2.45, 2.75) is 26.2 Å². The molecule has 1 heterocycles. The number of carboxylic acids is 1. The second kappa shape index (κ2) is 4.83. The summed E-state index contributed by atoms with van der Waals surface area (Å²) < 4.78 is 0. The fourth-order valence-corrected chi connectivity index (χ4v) is 2.73. The number of nitrogens with one attached hydrogen (secondary N) is 1. The summed E-state index contributed by atoms with van der Waals surface area (Å²) in [7, 11) is 0. The molecule has 0 saturated heterocycles. The van der Waals surface area contributed by atoms with Crippen LogP contribution in [-0.2, 0) is 9.59 Å². The van der Waals surface area contributed by atoms with Gasteiger partial charge in [0, 0.05) is 17.0 Å². The molecule has 2 atom stereocenters. The van der Waals surface area contributed by atoms with Crippen molar-refractivity contribution >= 4 is 28.3 Å². The second-order valence-electron chi connectivity index (χ2n) is 4.31. The molecular weight excluding hydrogens is 240 g/mol. The van der Waals surface area contributed by atoms with Crippen LogP contribution in [0.1, 0.15) is 24.1 Å². The standard InChI is InChI=1S/C11H14N2O3S/c1-6-5-12-11(17-6)13-9(14)7-2-3-8(4-7)10(15)16/h5,7-8H,2-4H2,1H3,(H,15,16)(H,12,13,14)/t7-,8+/m1/s1. The molecule has 5 nitrogen and oxygen atoms in total. The maximum Gasteiger partial charge on any atom is 0.306 e. The fraction of sp³-hybridized carbons (Fsp3) is 0.545. The van der Waals surface area contributed by atoms with E-state index in [9.17, 15) is 9.59 Å². The van der Waals surface area contributed by atoms with Gasteiger partial charge in [-0.1, -0.05) is 0 Å². The van der Waals surface area contributed by atoms with Crippen LogP contribution in [0.2, 0.25) is 0 Å². The van der Waals surface area contributed by atoms with E-state index in [0.717, 1.165) is 4.88 Å². The lowest BCUT2D eigenvalue weighted by Crippen LogP contribution is -2.21. The lowest BCUT2D eigenvalue weighted by atomic mass is 10.0. The number of thiazole rings is 1. The minimum atomic E-state index is -0.801. The largest absolute Gasteiger partial charge is 0.481 e. The quantitative estimate of drug-likeness (QED) is 0.863. The smallest absolute Gasteiger partial charge is 0.306 e. The topological polar surface area (TPSA) is 79.3 Å². The van der Waals surface area contributed by atoms with E-state index in [1.54, 1.807) is 6.20 Å². The predicted octanol–water partition coefficient (Wildman–Crippen LogP) is 1.89. The Morgan fingerprint density at radius 3 is 2.71 bits per heavy atom. The molecule has 0 radical (unpaired) electrons. The van der Waals surface area contributed by atoms with Gasteiger partial charge in [0.2, 0.25) is 5.91 Å². The van der Waals surface area contributed by atoms with Gasteiger partial charge in [-0.2, -0.15) is 0 Å². The zero-order valence-corrected chi connectivity index (χ0v) is 10.3. The van der Waals surface area contributed by atoms with Gasteiger partial charge in [0.15, 0.2) is 5.13 Å². The van der Waals surface area contributed by atoms with Crippen LogP contribution in [0.15, 0.2) is 6.20 Å². The van der Waals surface area contributed by atoms with Gasteiger partial charge in [-0.25, -0.2) is 4.98 Å². The van der Waals surface area contributed by atoms with E-state index in [1.807, 2.05) is 6.92 Å². The number of anilines is 1. The highest BCUT2D eigenvalue weighted by atomic mass is 32.1. The number of carbonyl (C=O) groups is 2. The number of carbonyl (C=O) groups excluding carboxylic acids is 1. The summed E-state index contributed by atoms with van der Waals surface area (Å²) in [5.74, 6) is -1.47. The molecular formula is C11H14N2O3S.